The van der Waals surface area contributed by atoms with Gasteiger partial charge in [-0.25, -0.2) is 4.98 Å². The topological polar surface area (TPSA) is 66.9 Å². The van der Waals surface area contributed by atoms with Gasteiger partial charge < -0.3 is 10.6 Å². The molecule has 0 bridgehead atoms. The van der Waals surface area contributed by atoms with E-state index in [2.05, 4.69) is 15.6 Å². The first-order valence-corrected chi connectivity index (χ1v) is 12.7. The maximum atomic E-state index is 12.8. The Labute approximate surface area is 185 Å². The van der Waals surface area contributed by atoms with Crippen LogP contribution >= 0.6 is 22.7 Å². The van der Waals surface area contributed by atoms with Crippen LogP contribution in [-0.4, -0.2) is 35.4 Å². The first kappa shape index (κ1) is 20.2. The highest BCUT2D eigenvalue weighted by Gasteiger charge is 2.25. The summed E-state index contributed by atoms with van der Waals surface area (Å²) >= 11 is 3.54. The smallest absolute Gasteiger partial charge is 0.138 e. The van der Waals surface area contributed by atoms with Crippen molar-refractivity contribution in [1.82, 2.24) is 20.6 Å². The van der Waals surface area contributed by atoms with Crippen LogP contribution < -0.4 is 10.6 Å². The third-order valence-corrected chi connectivity index (χ3v) is 8.53. The van der Waals surface area contributed by atoms with E-state index in [0.29, 0.717) is 18.6 Å². The zero-order valence-electron chi connectivity index (χ0n) is 17.2. The lowest BCUT2D eigenvalue weighted by Crippen LogP contribution is -2.22. The second kappa shape index (κ2) is 9.22. The molecular weight excluding hydrogens is 412 g/mol. The van der Waals surface area contributed by atoms with E-state index in [4.69, 9.17) is 4.98 Å². The van der Waals surface area contributed by atoms with Crippen molar-refractivity contribution in [2.75, 3.05) is 19.6 Å². The molecular formula is C23H28N4OS2. The molecule has 2 aliphatic heterocycles. The molecule has 0 spiro atoms. The molecule has 0 amide bonds. The number of Topliss-reactive ketones (excluding diaryl/α,β-unsaturated/α-hetero) is 1. The van der Waals surface area contributed by atoms with E-state index in [1.54, 1.807) is 11.3 Å². The average Bonchev–Trinajstić information content (AvgIpc) is 3.48. The fourth-order valence-electron chi connectivity index (χ4n) is 4.63. The summed E-state index contributed by atoms with van der Waals surface area (Å²) in [7, 11) is 0. The summed E-state index contributed by atoms with van der Waals surface area (Å²) in [6.07, 6.45) is 10.7. The van der Waals surface area contributed by atoms with Crippen LogP contribution in [-0.2, 0) is 24.2 Å². The van der Waals surface area contributed by atoms with Crippen molar-refractivity contribution in [3.05, 3.63) is 33.8 Å². The van der Waals surface area contributed by atoms with E-state index in [1.165, 1.54) is 40.1 Å². The number of thiophene rings is 1. The van der Waals surface area contributed by atoms with Crippen molar-refractivity contribution >= 4 is 38.7 Å². The van der Waals surface area contributed by atoms with E-state index < -0.39 is 0 Å². The normalized spacial score (nSPS) is 18.7. The number of fused-ring (bicyclic) bond motifs is 2. The molecule has 5 nitrogen and oxygen atoms in total. The summed E-state index contributed by atoms with van der Waals surface area (Å²) in [5, 5.41) is 7.95. The largest absolute Gasteiger partial charge is 0.316 e. The van der Waals surface area contributed by atoms with Crippen molar-refractivity contribution in [2.24, 2.45) is 5.92 Å². The zero-order valence-corrected chi connectivity index (χ0v) is 18.8. The number of carbonyl (C=O) groups is 1. The molecule has 30 heavy (non-hydrogen) atoms. The maximum absolute atomic E-state index is 12.8. The fourth-order valence-corrected chi connectivity index (χ4v) is 7.09. The first-order chi connectivity index (χ1) is 14.8. The zero-order chi connectivity index (χ0) is 20.3. The number of aromatic nitrogens is 2. The van der Waals surface area contributed by atoms with Crippen molar-refractivity contribution in [3.8, 4) is 10.6 Å². The van der Waals surface area contributed by atoms with Gasteiger partial charge in [0.05, 0.1) is 10.9 Å². The molecule has 1 saturated heterocycles. The van der Waals surface area contributed by atoms with Gasteiger partial charge in [-0.2, -0.15) is 0 Å². The van der Waals surface area contributed by atoms with Crippen molar-refractivity contribution < 1.29 is 4.79 Å². The Morgan fingerprint density at radius 2 is 2.17 bits per heavy atom. The third-order valence-electron chi connectivity index (χ3n) is 6.24. The number of carbonyl (C=O) groups excluding carboxylic acids is 1. The van der Waals surface area contributed by atoms with Gasteiger partial charge in [0.25, 0.3) is 0 Å². The van der Waals surface area contributed by atoms with Crippen molar-refractivity contribution in [3.63, 3.8) is 0 Å². The number of unbranched alkanes of at least 4 members (excludes halogenated alkanes) is 1. The third kappa shape index (κ3) is 4.35. The molecule has 1 atom stereocenters. The molecule has 1 fully saturated rings. The van der Waals surface area contributed by atoms with E-state index in [0.717, 1.165) is 60.2 Å². The highest BCUT2D eigenvalue weighted by Crippen LogP contribution is 2.41. The summed E-state index contributed by atoms with van der Waals surface area (Å²) in [6.45, 7) is 4.21. The molecule has 3 aromatic heterocycles. The van der Waals surface area contributed by atoms with Gasteiger partial charge in [0.15, 0.2) is 0 Å². The summed E-state index contributed by atoms with van der Waals surface area (Å²) < 4.78 is 1.16. The number of rotatable bonds is 8. The molecule has 0 aliphatic carbocycles. The minimum Gasteiger partial charge on any atom is -0.316 e. The minimum absolute atomic E-state index is 0.370. The van der Waals surface area contributed by atoms with Crippen molar-refractivity contribution in [1.29, 1.82) is 0 Å². The minimum atomic E-state index is 0.370. The van der Waals surface area contributed by atoms with Gasteiger partial charge in [-0.15, -0.1) is 22.7 Å². The summed E-state index contributed by atoms with van der Waals surface area (Å²) in [5.41, 5.74) is 3.59. The van der Waals surface area contributed by atoms with E-state index in [1.807, 2.05) is 29.8 Å². The molecule has 2 aliphatic rings. The molecule has 0 saturated carbocycles. The Bertz CT molecular complexity index is 1000. The van der Waals surface area contributed by atoms with Gasteiger partial charge >= 0.3 is 0 Å². The van der Waals surface area contributed by atoms with Crippen LogP contribution in [0.1, 0.15) is 47.4 Å². The molecule has 7 heteroatoms. The van der Waals surface area contributed by atoms with Crippen LogP contribution in [0.2, 0.25) is 0 Å². The SMILES string of the molecule is O=C(CCCCC1CCNC1)Cc1sc2c(c1-c1nc3cnccc3s1)CCNC2. The molecule has 2 N–H and O–H groups in total. The standard InChI is InChI=1S/C23H28N4OS2/c28-16(4-2-1-3-15-5-8-24-12-15)11-20-22(17-6-9-26-14-21(17)29-20)23-27-18-13-25-10-7-19(18)30-23/h7,10,13,15,24,26H,1-6,8-9,11-12,14H2. The van der Waals surface area contributed by atoms with E-state index >= 15 is 0 Å². The van der Waals surface area contributed by atoms with Gasteiger partial charge in [-0.1, -0.05) is 6.42 Å². The number of hydrogen-bond donors (Lipinski definition) is 2. The highest BCUT2D eigenvalue weighted by molar-refractivity contribution is 7.22. The summed E-state index contributed by atoms with van der Waals surface area (Å²) in [5.74, 6) is 1.19. The lowest BCUT2D eigenvalue weighted by atomic mass is 9.98. The Hall–Kier alpha value is -1.67. The number of ketones is 1. The van der Waals surface area contributed by atoms with Gasteiger partial charge in [0.2, 0.25) is 0 Å². The average molecular weight is 441 g/mol. The van der Waals surface area contributed by atoms with Crippen LogP contribution in [0.15, 0.2) is 18.5 Å². The summed E-state index contributed by atoms with van der Waals surface area (Å²) in [6, 6.07) is 2.03. The molecule has 5 heterocycles. The summed E-state index contributed by atoms with van der Waals surface area (Å²) in [4.78, 5) is 24.5. The first-order valence-electron chi connectivity index (χ1n) is 11.1. The molecule has 1 unspecified atom stereocenters. The predicted octanol–water partition coefficient (Wildman–Crippen LogP) is 4.35. The highest BCUT2D eigenvalue weighted by atomic mass is 32.1. The second-order valence-corrected chi connectivity index (χ2v) is 10.6. The van der Waals surface area contributed by atoms with Crippen LogP contribution in [0.4, 0.5) is 0 Å². The molecule has 158 valence electrons. The number of pyridine rings is 1. The Morgan fingerprint density at radius 3 is 3.03 bits per heavy atom. The van der Waals surface area contributed by atoms with Gasteiger partial charge in [0.1, 0.15) is 16.3 Å². The lowest BCUT2D eigenvalue weighted by Gasteiger charge is -2.13. The van der Waals surface area contributed by atoms with Crippen LogP contribution in [0, 0.1) is 5.92 Å². The van der Waals surface area contributed by atoms with E-state index in [9.17, 15) is 4.79 Å². The molecule has 0 radical (unpaired) electrons. The Morgan fingerprint density at radius 1 is 1.20 bits per heavy atom. The number of nitrogens with one attached hydrogen (secondary N) is 2. The van der Waals surface area contributed by atoms with Gasteiger partial charge in [-0.05, 0) is 62.9 Å². The fraction of sp³-hybridized carbons (Fsp3) is 0.522. The quantitative estimate of drug-likeness (QED) is 0.510. The Balaban J connectivity index is 1.31. The van der Waals surface area contributed by atoms with Crippen LogP contribution in [0.5, 0.6) is 0 Å². The Kier molecular flexibility index (Phi) is 6.22. The monoisotopic (exact) mass is 440 g/mol. The molecule has 0 aromatic carbocycles. The van der Waals surface area contributed by atoms with E-state index in [-0.39, 0.29) is 0 Å². The van der Waals surface area contributed by atoms with Crippen molar-refractivity contribution in [2.45, 2.75) is 51.5 Å². The second-order valence-electron chi connectivity index (χ2n) is 8.41. The van der Waals surface area contributed by atoms with Gasteiger partial charge in [-0.3, -0.25) is 9.78 Å². The number of thiazole rings is 1. The molecule has 3 aromatic rings. The number of nitrogens with zero attached hydrogens (tertiary/aromatic N) is 2. The predicted molar refractivity (Wildman–Crippen MR) is 124 cm³/mol. The number of hydrogen-bond acceptors (Lipinski definition) is 7. The maximum Gasteiger partial charge on any atom is 0.138 e. The van der Waals surface area contributed by atoms with Gasteiger partial charge in [0, 0.05) is 40.9 Å². The molecule has 5 rings (SSSR count). The lowest BCUT2D eigenvalue weighted by molar-refractivity contribution is -0.118. The van der Waals surface area contributed by atoms with Crippen LogP contribution in [0.3, 0.4) is 0 Å². The van der Waals surface area contributed by atoms with Crippen LogP contribution in [0.25, 0.3) is 20.8 Å².